The second-order valence-corrected chi connectivity index (χ2v) is 6.33. The van der Waals surface area contributed by atoms with Crippen molar-refractivity contribution in [1.82, 2.24) is 10.6 Å². The van der Waals surface area contributed by atoms with Crippen molar-refractivity contribution in [2.45, 2.75) is 24.7 Å². The number of anilines is 1. The molecule has 0 spiro atoms. The lowest BCUT2D eigenvalue weighted by atomic mass is 10.1. The molecule has 1 aliphatic rings. The van der Waals surface area contributed by atoms with Crippen molar-refractivity contribution in [3.63, 3.8) is 0 Å². The first kappa shape index (κ1) is 20.3. The molecule has 1 fully saturated rings. The third-order valence-corrected chi connectivity index (χ3v) is 4.34. The van der Waals surface area contributed by atoms with Gasteiger partial charge in [-0.3, -0.25) is 14.9 Å². The Morgan fingerprint density at radius 3 is 2.24 bits per heavy atom. The molecule has 6 nitrogen and oxygen atoms in total. The SMILES string of the molecule is O=C(CCc1ccccc1)N[C@@]1(C(F)(F)F)NC(=O)N(c2ccc(F)cc2)C1=O. The second kappa shape index (κ2) is 7.53. The molecule has 1 aliphatic heterocycles. The Kier molecular flexibility index (Phi) is 5.27. The molecule has 0 radical (unpaired) electrons. The smallest absolute Gasteiger partial charge is 0.318 e. The van der Waals surface area contributed by atoms with Crippen LogP contribution in [-0.2, 0) is 16.0 Å². The maximum Gasteiger partial charge on any atom is 0.440 e. The molecule has 29 heavy (non-hydrogen) atoms. The summed E-state index contributed by atoms with van der Waals surface area (Å²) in [6.45, 7) is 0. The minimum absolute atomic E-state index is 0.143. The van der Waals surface area contributed by atoms with E-state index in [0.29, 0.717) is 0 Å². The van der Waals surface area contributed by atoms with Crippen LogP contribution in [0.25, 0.3) is 0 Å². The molecule has 1 saturated heterocycles. The van der Waals surface area contributed by atoms with Crippen LogP contribution in [0.3, 0.4) is 0 Å². The molecule has 1 atom stereocenters. The number of imide groups is 1. The van der Waals surface area contributed by atoms with Gasteiger partial charge < -0.3 is 5.32 Å². The van der Waals surface area contributed by atoms with Gasteiger partial charge in [0.05, 0.1) is 5.69 Å². The van der Waals surface area contributed by atoms with Gasteiger partial charge in [0.25, 0.3) is 11.6 Å². The molecule has 0 bridgehead atoms. The van der Waals surface area contributed by atoms with Crippen molar-refractivity contribution in [3.8, 4) is 0 Å². The highest BCUT2D eigenvalue weighted by molar-refractivity contribution is 6.24. The van der Waals surface area contributed by atoms with E-state index in [1.807, 2.05) is 0 Å². The van der Waals surface area contributed by atoms with Gasteiger partial charge in [-0.25, -0.2) is 14.1 Å². The number of carbonyl (C=O) groups is 3. The van der Waals surface area contributed by atoms with Crippen LogP contribution in [-0.4, -0.2) is 29.7 Å². The van der Waals surface area contributed by atoms with Crippen LogP contribution in [0.2, 0.25) is 0 Å². The fraction of sp³-hybridized carbons (Fsp3) is 0.211. The molecule has 0 saturated carbocycles. The first-order chi connectivity index (χ1) is 13.6. The number of halogens is 4. The predicted molar refractivity (Wildman–Crippen MR) is 94.1 cm³/mol. The number of rotatable bonds is 5. The summed E-state index contributed by atoms with van der Waals surface area (Å²) in [7, 11) is 0. The third kappa shape index (κ3) is 3.91. The van der Waals surface area contributed by atoms with Gasteiger partial charge in [0.15, 0.2) is 0 Å². The van der Waals surface area contributed by atoms with Gasteiger partial charge >= 0.3 is 12.2 Å². The quantitative estimate of drug-likeness (QED) is 0.589. The summed E-state index contributed by atoms with van der Waals surface area (Å²) in [5, 5.41) is 3.17. The standard InChI is InChI=1S/C19H15F4N3O3/c20-13-7-9-14(10-8-13)26-16(28)18(19(21,22)23,25-17(26)29)24-15(27)11-6-12-4-2-1-3-5-12/h1-5,7-10H,6,11H2,(H,24,27)(H,25,29)/t18-/m1/s1. The zero-order valence-corrected chi connectivity index (χ0v) is 14.8. The first-order valence-electron chi connectivity index (χ1n) is 8.48. The van der Waals surface area contributed by atoms with Gasteiger partial charge in [0.1, 0.15) is 5.82 Å². The summed E-state index contributed by atoms with van der Waals surface area (Å²) in [6.07, 6.45) is -5.50. The highest BCUT2D eigenvalue weighted by atomic mass is 19.4. The predicted octanol–water partition coefficient (Wildman–Crippen LogP) is 2.89. The number of amides is 4. The van der Waals surface area contributed by atoms with Gasteiger partial charge in [0, 0.05) is 6.42 Å². The summed E-state index contributed by atoms with van der Waals surface area (Å²) < 4.78 is 54.4. The normalized spacial score (nSPS) is 19.2. The summed E-state index contributed by atoms with van der Waals surface area (Å²) in [4.78, 5) is 37.1. The molecular weight excluding hydrogens is 394 g/mol. The highest BCUT2D eigenvalue weighted by Crippen LogP contribution is 2.35. The maximum atomic E-state index is 13.8. The van der Waals surface area contributed by atoms with Gasteiger partial charge in [0.2, 0.25) is 5.91 Å². The number of hydrogen-bond donors (Lipinski definition) is 2. The van der Waals surface area contributed by atoms with E-state index in [1.165, 1.54) is 5.32 Å². The number of hydrogen-bond acceptors (Lipinski definition) is 3. The molecule has 3 rings (SSSR count). The lowest BCUT2D eigenvalue weighted by Crippen LogP contribution is -2.69. The molecular formula is C19H15F4N3O3. The number of nitrogens with zero attached hydrogens (tertiary/aromatic N) is 1. The molecule has 2 N–H and O–H groups in total. The Hall–Kier alpha value is -3.43. The molecule has 1 heterocycles. The summed E-state index contributed by atoms with van der Waals surface area (Å²) in [6, 6.07) is 10.9. The fourth-order valence-corrected chi connectivity index (χ4v) is 2.88. The van der Waals surface area contributed by atoms with Crippen LogP contribution in [0.1, 0.15) is 12.0 Å². The van der Waals surface area contributed by atoms with Gasteiger partial charge in [-0.2, -0.15) is 13.2 Å². The van der Waals surface area contributed by atoms with Crippen LogP contribution in [0, 0.1) is 5.82 Å². The lowest BCUT2D eigenvalue weighted by Gasteiger charge is -2.29. The zero-order chi connectivity index (χ0) is 21.2. The van der Waals surface area contributed by atoms with Crippen LogP contribution in [0.4, 0.5) is 28.0 Å². The van der Waals surface area contributed by atoms with Crippen molar-refractivity contribution in [3.05, 3.63) is 66.0 Å². The average molecular weight is 409 g/mol. The topological polar surface area (TPSA) is 78.5 Å². The number of carbonyl (C=O) groups excluding carboxylic acids is 3. The molecule has 2 aromatic carbocycles. The van der Waals surface area contributed by atoms with E-state index in [9.17, 15) is 31.9 Å². The van der Waals surface area contributed by atoms with Crippen molar-refractivity contribution in [2.75, 3.05) is 4.90 Å². The Morgan fingerprint density at radius 1 is 1.03 bits per heavy atom. The number of alkyl halides is 3. The van der Waals surface area contributed by atoms with E-state index in [-0.39, 0.29) is 23.4 Å². The Labute approximate surface area is 162 Å². The third-order valence-electron chi connectivity index (χ3n) is 4.34. The Bertz CT molecular complexity index is 932. The van der Waals surface area contributed by atoms with E-state index < -0.39 is 35.5 Å². The van der Waals surface area contributed by atoms with Gasteiger partial charge in [-0.15, -0.1) is 0 Å². The fourth-order valence-electron chi connectivity index (χ4n) is 2.88. The summed E-state index contributed by atoms with van der Waals surface area (Å²) in [5.41, 5.74) is -3.15. The largest absolute Gasteiger partial charge is 0.440 e. The molecule has 0 aliphatic carbocycles. The number of benzene rings is 2. The molecule has 10 heteroatoms. The number of aryl methyl sites for hydroxylation is 1. The van der Waals surface area contributed by atoms with Crippen molar-refractivity contribution in [1.29, 1.82) is 0 Å². The van der Waals surface area contributed by atoms with Gasteiger partial charge in [-0.05, 0) is 36.2 Å². The lowest BCUT2D eigenvalue weighted by molar-refractivity contribution is -0.201. The van der Waals surface area contributed by atoms with Gasteiger partial charge in [-0.1, -0.05) is 30.3 Å². The molecule has 2 aromatic rings. The van der Waals surface area contributed by atoms with Crippen LogP contribution >= 0.6 is 0 Å². The Balaban J connectivity index is 1.83. The molecule has 0 unspecified atom stereocenters. The van der Waals surface area contributed by atoms with E-state index in [0.717, 1.165) is 29.8 Å². The van der Waals surface area contributed by atoms with Crippen LogP contribution in [0.15, 0.2) is 54.6 Å². The first-order valence-corrected chi connectivity index (χ1v) is 8.48. The minimum atomic E-state index is -5.31. The van der Waals surface area contributed by atoms with Crippen molar-refractivity contribution in [2.24, 2.45) is 0 Å². The van der Waals surface area contributed by atoms with Crippen molar-refractivity contribution < 1.29 is 31.9 Å². The average Bonchev–Trinajstić information content (AvgIpc) is 2.92. The molecule has 0 aromatic heterocycles. The molecule has 4 amide bonds. The van der Waals surface area contributed by atoms with E-state index in [4.69, 9.17) is 0 Å². The van der Waals surface area contributed by atoms with E-state index in [1.54, 1.807) is 35.6 Å². The van der Waals surface area contributed by atoms with E-state index >= 15 is 0 Å². The van der Waals surface area contributed by atoms with E-state index in [2.05, 4.69) is 0 Å². The Morgan fingerprint density at radius 2 is 1.66 bits per heavy atom. The minimum Gasteiger partial charge on any atom is -0.318 e. The number of urea groups is 1. The molecule has 152 valence electrons. The van der Waals surface area contributed by atoms with Crippen LogP contribution in [0.5, 0.6) is 0 Å². The maximum absolute atomic E-state index is 13.8. The zero-order valence-electron chi connectivity index (χ0n) is 14.8. The monoisotopic (exact) mass is 409 g/mol. The highest BCUT2D eigenvalue weighted by Gasteiger charge is 2.69. The number of nitrogens with one attached hydrogen (secondary N) is 2. The van der Waals surface area contributed by atoms with Crippen molar-refractivity contribution >= 4 is 23.5 Å². The summed E-state index contributed by atoms with van der Waals surface area (Å²) >= 11 is 0. The van der Waals surface area contributed by atoms with Crippen LogP contribution < -0.4 is 15.5 Å². The second-order valence-electron chi connectivity index (χ2n) is 6.33. The summed E-state index contributed by atoms with van der Waals surface area (Å²) in [5.74, 6) is -3.49.